The van der Waals surface area contributed by atoms with E-state index in [1.807, 2.05) is 19.4 Å². The van der Waals surface area contributed by atoms with Gasteiger partial charge in [0.1, 0.15) is 11.4 Å². The first-order chi connectivity index (χ1) is 9.58. The fraction of sp³-hybridized carbons (Fsp3) is 0.733. The monoisotopic (exact) mass is 277 g/mol. The predicted octanol–water partition coefficient (Wildman–Crippen LogP) is 1.21. The van der Waals surface area contributed by atoms with Crippen LogP contribution < -0.4 is 0 Å². The molecule has 1 aliphatic heterocycles. The third-order valence-corrected chi connectivity index (χ3v) is 4.76. The number of carbonyl (C=O) groups is 1. The summed E-state index contributed by atoms with van der Waals surface area (Å²) >= 11 is 0. The summed E-state index contributed by atoms with van der Waals surface area (Å²) in [5, 5.41) is 10.4. The maximum absolute atomic E-state index is 12.4. The molecule has 5 heteroatoms. The van der Waals surface area contributed by atoms with Crippen LogP contribution in [0.15, 0.2) is 12.4 Å². The molecule has 0 aromatic carbocycles. The second-order valence-corrected chi connectivity index (χ2v) is 6.32. The number of aliphatic hydroxyl groups is 1. The summed E-state index contributed by atoms with van der Waals surface area (Å²) in [6.45, 7) is 1.69. The molecule has 1 aliphatic carbocycles. The summed E-state index contributed by atoms with van der Waals surface area (Å²) in [6, 6.07) is 0. The standard InChI is InChI=1S/C15H23N3O2/c1-17(14(19)15(20)5-2-3-6-15)11-12-4-8-18-9-7-16-13(18)10-12/h7,9,12,20H,2-6,8,10-11H2,1H3. The van der Waals surface area contributed by atoms with Crippen LogP contribution in [0.3, 0.4) is 0 Å². The van der Waals surface area contributed by atoms with E-state index in [1.165, 1.54) is 0 Å². The molecule has 1 aromatic heterocycles. The van der Waals surface area contributed by atoms with Gasteiger partial charge in [-0.05, 0) is 38.0 Å². The maximum Gasteiger partial charge on any atom is 0.254 e. The van der Waals surface area contributed by atoms with Gasteiger partial charge in [-0.1, -0.05) is 0 Å². The molecule has 0 saturated heterocycles. The van der Waals surface area contributed by atoms with Gasteiger partial charge in [-0.3, -0.25) is 4.79 Å². The lowest BCUT2D eigenvalue weighted by atomic mass is 9.95. The Morgan fingerprint density at radius 3 is 3.05 bits per heavy atom. The summed E-state index contributed by atoms with van der Waals surface area (Å²) in [6.07, 6.45) is 8.99. The van der Waals surface area contributed by atoms with Crippen molar-refractivity contribution in [3.8, 4) is 0 Å². The average Bonchev–Trinajstić information content (AvgIpc) is 3.06. The Labute approximate surface area is 119 Å². The lowest BCUT2D eigenvalue weighted by Gasteiger charge is -2.32. The van der Waals surface area contributed by atoms with Crippen molar-refractivity contribution in [1.82, 2.24) is 14.5 Å². The first-order valence-corrected chi connectivity index (χ1v) is 7.56. The van der Waals surface area contributed by atoms with Crippen molar-refractivity contribution < 1.29 is 9.90 Å². The van der Waals surface area contributed by atoms with Gasteiger partial charge in [0.05, 0.1) is 0 Å². The Morgan fingerprint density at radius 2 is 2.30 bits per heavy atom. The molecular weight excluding hydrogens is 254 g/mol. The molecule has 1 fully saturated rings. The Kier molecular flexibility index (Phi) is 3.54. The minimum absolute atomic E-state index is 0.0936. The molecule has 0 bridgehead atoms. The molecule has 3 rings (SSSR count). The lowest BCUT2D eigenvalue weighted by Crippen LogP contribution is -2.47. The molecule has 20 heavy (non-hydrogen) atoms. The minimum Gasteiger partial charge on any atom is -0.380 e. The number of likely N-dealkylation sites (N-methyl/N-ethyl adjacent to an activating group) is 1. The van der Waals surface area contributed by atoms with Gasteiger partial charge in [0.25, 0.3) is 5.91 Å². The number of hydrogen-bond acceptors (Lipinski definition) is 3. The van der Waals surface area contributed by atoms with Crippen molar-refractivity contribution in [3.63, 3.8) is 0 Å². The Morgan fingerprint density at radius 1 is 1.55 bits per heavy atom. The minimum atomic E-state index is -1.10. The quantitative estimate of drug-likeness (QED) is 0.903. The van der Waals surface area contributed by atoms with Crippen LogP contribution in [-0.2, 0) is 17.8 Å². The van der Waals surface area contributed by atoms with E-state index in [2.05, 4.69) is 9.55 Å². The fourth-order valence-corrected chi connectivity index (χ4v) is 3.57. The van der Waals surface area contributed by atoms with E-state index >= 15 is 0 Å². The molecular formula is C15H23N3O2. The largest absolute Gasteiger partial charge is 0.380 e. The van der Waals surface area contributed by atoms with E-state index in [0.717, 1.165) is 38.1 Å². The van der Waals surface area contributed by atoms with E-state index < -0.39 is 5.60 Å². The number of imidazole rings is 1. The molecule has 2 heterocycles. The summed E-state index contributed by atoms with van der Waals surface area (Å²) in [5.74, 6) is 1.47. The van der Waals surface area contributed by atoms with Gasteiger partial charge < -0.3 is 14.6 Å². The normalized spacial score (nSPS) is 24.4. The highest BCUT2D eigenvalue weighted by molar-refractivity contribution is 5.85. The summed E-state index contributed by atoms with van der Waals surface area (Å²) in [4.78, 5) is 18.5. The zero-order valence-corrected chi connectivity index (χ0v) is 12.1. The van der Waals surface area contributed by atoms with Crippen LogP contribution in [0.5, 0.6) is 0 Å². The number of hydrogen-bond donors (Lipinski definition) is 1. The molecule has 2 aliphatic rings. The third-order valence-electron chi connectivity index (χ3n) is 4.76. The molecule has 1 amide bonds. The Bertz CT molecular complexity index is 491. The van der Waals surface area contributed by atoms with Gasteiger partial charge >= 0.3 is 0 Å². The number of aromatic nitrogens is 2. The van der Waals surface area contributed by atoms with Gasteiger partial charge in [0.2, 0.25) is 0 Å². The van der Waals surface area contributed by atoms with Crippen molar-refractivity contribution in [3.05, 3.63) is 18.2 Å². The zero-order chi connectivity index (χ0) is 14.2. The first-order valence-electron chi connectivity index (χ1n) is 7.56. The first kappa shape index (κ1) is 13.6. The Hall–Kier alpha value is -1.36. The van der Waals surface area contributed by atoms with Crippen LogP contribution in [0.1, 0.15) is 37.9 Å². The molecule has 1 atom stereocenters. The van der Waals surface area contributed by atoms with Crippen LogP contribution in [0.4, 0.5) is 0 Å². The van der Waals surface area contributed by atoms with Crippen LogP contribution >= 0.6 is 0 Å². The number of aryl methyl sites for hydroxylation is 1. The Balaban J connectivity index is 1.59. The van der Waals surface area contributed by atoms with Crippen molar-refractivity contribution in [2.75, 3.05) is 13.6 Å². The highest BCUT2D eigenvalue weighted by atomic mass is 16.3. The molecule has 0 radical (unpaired) electrons. The smallest absolute Gasteiger partial charge is 0.254 e. The second-order valence-electron chi connectivity index (χ2n) is 6.32. The number of carbonyl (C=O) groups excluding carboxylic acids is 1. The molecule has 1 aromatic rings. The van der Waals surface area contributed by atoms with E-state index in [9.17, 15) is 9.90 Å². The van der Waals surface area contributed by atoms with Gasteiger partial charge in [-0.2, -0.15) is 0 Å². The number of amides is 1. The number of rotatable bonds is 3. The van der Waals surface area contributed by atoms with Crippen molar-refractivity contribution in [2.24, 2.45) is 5.92 Å². The SMILES string of the molecule is CN(CC1CCn2ccnc2C1)C(=O)C1(O)CCCC1. The molecule has 1 saturated carbocycles. The molecule has 1 N–H and O–H groups in total. The van der Waals surface area contributed by atoms with Crippen LogP contribution in [-0.4, -0.2) is 44.7 Å². The summed E-state index contributed by atoms with van der Waals surface area (Å²) < 4.78 is 2.18. The highest BCUT2D eigenvalue weighted by Gasteiger charge is 2.41. The van der Waals surface area contributed by atoms with E-state index in [0.29, 0.717) is 25.3 Å². The third kappa shape index (κ3) is 2.46. The lowest BCUT2D eigenvalue weighted by molar-refractivity contribution is -0.149. The molecule has 0 spiro atoms. The van der Waals surface area contributed by atoms with Crippen molar-refractivity contribution in [1.29, 1.82) is 0 Å². The number of fused-ring (bicyclic) bond motifs is 1. The van der Waals surface area contributed by atoms with Gasteiger partial charge in [0.15, 0.2) is 0 Å². The van der Waals surface area contributed by atoms with E-state index in [4.69, 9.17) is 0 Å². The fourth-order valence-electron chi connectivity index (χ4n) is 3.57. The molecule has 5 nitrogen and oxygen atoms in total. The van der Waals surface area contributed by atoms with Crippen LogP contribution in [0.2, 0.25) is 0 Å². The summed E-state index contributed by atoms with van der Waals surface area (Å²) in [7, 11) is 1.82. The average molecular weight is 277 g/mol. The van der Waals surface area contributed by atoms with Crippen molar-refractivity contribution >= 4 is 5.91 Å². The zero-order valence-electron chi connectivity index (χ0n) is 12.1. The molecule has 110 valence electrons. The second kappa shape index (κ2) is 5.20. The topological polar surface area (TPSA) is 58.4 Å². The van der Waals surface area contributed by atoms with E-state index in [1.54, 1.807) is 4.90 Å². The van der Waals surface area contributed by atoms with Crippen LogP contribution in [0.25, 0.3) is 0 Å². The van der Waals surface area contributed by atoms with Gasteiger partial charge in [-0.25, -0.2) is 4.98 Å². The van der Waals surface area contributed by atoms with E-state index in [-0.39, 0.29) is 5.91 Å². The van der Waals surface area contributed by atoms with Gasteiger partial charge in [-0.15, -0.1) is 0 Å². The highest BCUT2D eigenvalue weighted by Crippen LogP contribution is 2.31. The summed E-state index contributed by atoms with van der Waals surface area (Å²) in [5.41, 5.74) is -1.10. The van der Waals surface area contributed by atoms with Crippen molar-refractivity contribution in [2.45, 2.75) is 50.7 Å². The van der Waals surface area contributed by atoms with Crippen LogP contribution in [0, 0.1) is 5.92 Å². The molecule has 1 unspecified atom stereocenters. The number of nitrogens with zero attached hydrogens (tertiary/aromatic N) is 3. The van der Waals surface area contributed by atoms with Gasteiger partial charge in [0, 0.05) is 39.0 Å². The maximum atomic E-state index is 12.4. The predicted molar refractivity (Wildman–Crippen MR) is 75.1 cm³/mol.